The van der Waals surface area contributed by atoms with Gasteiger partial charge >= 0.3 is 0 Å². The Hall–Kier alpha value is -1.53. The second kappa shape index (κ2) is 7.31. The molecule has 0 radical (unpaired) electrons. The van der Waals surface area contributed by atoms with Crippen LogP contribution in [-0.2, 0) is 0 Å². The van der Waals surface area contributed by atoms with Gasteiger partial charge in [0.25, 0.3) is 0 Å². The lowest BCUT2D eigenvalue weighted by Crippen LogP contribution is -2.25. The number of para-hydroxylation sites is 2. The Morgan fingerprint density at radius 1 is 0.850 bits per heavy atom. The average Bonchev–Trinajstić information content (AvgIpc) is 2.44. The van der Waals surface area contributed by atoms with E-state index in [1.807, 2.05) is 62.4 Å². The first kappa shape index (κ1) is 14.9. The monoisotopic (exact) mass is 288 g/mol. The van der Waals surface area contributed by atoms with Gasteiger partial charge in [-0.3, -0.25) is 0 Å². The molecule has 2 aromatic rings. The molecular weight excluding hydrogens is 267 g/mol. The maximum Gasteiger partial charge on any atom is 0.241 e. The second-order valence-corrected chi connectivity index (χ2v) is 5.35. The Morgan fingerprint density at radius 2 is 1.30 bits per heavy atom. The molecule has 3 heteroatoms. The van der Waals surface area contributed by atoms with Crippen LogP contribution in [0.3, 0.4) is 0 Å². The molecular formula is C17H21O2P. The third-order valence-electron chi connectivity index (χ3n) is 3.11. The van der Waals surface area contributed by atoms with Crippen molar-refractivity contribution in [3.05, 3.63) is 59.7 Å². The summed E-state index contributed by atoms with van der Waals surface area (Å²) in [6.45, 7) is 4.09. The predicted octanol–water partition coefficient (Wildman–Crippen LogP) is 4.35. The molecule has 0 N–H and O–H groups in total. The molecule has 106 valence electrons. The van der Waals surface area contributed by atoms with E-state index in [0.29, 0.717) is 0 Å². The Kier molecular flexibility index (Phi) is 5.43. The fraction of sp³-hybridized carbons (Fsp3) is 0.294. The van der Waals surface area contributed by atoms with E-state index in [0.717, 1.165) is 35.2 Å². The molecule has 2 nitrogen and oxygen atoms in total. The van der Waals surface area contributed by atoms with Crippen LogP contribution >= 0.6 is 9.24 Å². The number of benzene rings is 2. The molecule has 0 spiro atoms. The lowest BCUT2D eigenvalue weighted by atomic mass is 10.2. The molecule has 0 aliphatic rings. The van der Waals surface area contributed by atoms with Crippen LogP contribution in [-0.4, -0.2) is 12.5 Å². The highest BCUT2D eigenvalue weighted by Crippen LogP contribution is 2.23. The van der Waals surface area contributed by atoms with Crippen LogP contribution in [0.4, 0.5) is 0 Å². The van der Waals surface area contributed by atoms with E-state index in [-0.39, 0.29) is 6.29 Å². The Balaban J connectivity index is 2.12. The standard InChI is InChI=1S/C17H21O2P/c1-13-7-3-5-9-15(13)18-17(11-12-20)19-16-10-6-4-8-14(16)2/h3-10,17H,11-12,20H2,1-2H3. The highest BCUT2D eigenvalue weighted by molar-refractivity contribution is 7.16. The average molecular weight is 288 g/mol. The van der Waals surface area contributed by atoms with E-state index in [9.17, 15) is 0 Å². The molecule has 2 aromatic carbocycles. The number of ether oxygens (including phenoxy) is 2. The molecule has 20 heavy (non-hydrogen) atoms. The molecule has 1 unspecified atom stereocenters. The van der Waals surface area contributed by atoms with Crippen molar-refractivity contribution < 1.29 is 9.47 Å². The van der Waals surface area contributed by atoms with Crippen LogP contribution in [0.25, 0.3) is 0 Å². The molecule has 0 saturated carbocycles. The maximum atomic E-state index is 6.01. The molecule has 0 heterocycles. The van der Waals surface area contributed by atoms with Crippen molar-refractivity contribution in [3.8, 4) is 11.5 Å². The molecule has 0 aliphatic heterocycles. The Morgan fingerprint density at radius 3 is 1.70 bits per heavy atom. The summed E-state index contributed by atoms with van der Waals surface area (Å²) in [7, 11) is 2.72. The Bertz CT molecular complexity index is 507. The van der Waals surface area contributed by atoms with Crippen molar-refractivity contribution in [1.29, 1.82) is 0 Å². The van der Waals surface area contributed by atoms with Gasteiger partial charge in [-0.15, -0.1) is 9.24 Å². The summed E-state index contributed by atoms with van der Waals surface area (Å²) in [6, 6.07) is 16.0. The van der Waals surface area contributed by atoms with Gasteiger partial charge in [-0.05, 0) is 43.3 Å². The Labute approximate surface area is 123 Å². The first-order valence-electron chi connectivity index (χ1n) is 6.85. The summed E-state index contributed by atoms with van der Waals surface area (Å²) in [6.07, 6.45) is 1.49. The smallest absolute Gasteiger partial charge is 0.241 e. The molecule has 0 saturated heterocycles. The summed E-state index contributed by atoms with van der Waals surface area (Å²) < 4.78 is 12.0. The minimum atomic E-state index is -0.269. The SMILES string of the molecule is Cc1ccccc1OC(CCP)Oc1ccccc1C. The van der Waals surface area contributed by atoms with Crippen LogP contribution in [0.5, 0.6) is 11.5 Å². The summed E-state index contributed by atoms with van der Waals surface area (Å²) in [5, 5.41) is 0. The van der Waals surface area contributed by atoms with Gasteiger partial charge in [0.15, 0.2) is 0 Å². The quantitative estimate of drug-likeness (QED) is 0.581. The van der Waals surface area contributed by atoms with Crippen LogP contribution in [0.1, 0.15) is 17.5 Å². The lowest BCUT2D eigenvalue weighted by Gasteiger charge is -2.22. The fourth-order valence-electron chi connectivity index (χ4n) is 1.94. The van der Waals surface area contributed by atoms with Gasteiger partial charge in [0.05, 0.1) is 0 Å². The highest BCUT2D eigenvalue weighted by Gasteiger charge is 2.13. The van der Waals surface area contributed by atoms with Gasteiger partial charge in [0, 0.05) is 6.42 Å². The van der Waals surface area contributed by atoms with E-state index in [1.54, 1.807) is 0 Å². The number of hydrogen-bond acceptors (Lipinski definition) is 2. The van der Waals surface area contributed by atoms with E-state index in [2.05, 4.69) is 9.24 Å². The van der Waals surface area contributed by atoms with Gasteiger partial charge in [0.1, 0.15) is 11.5 Å². The zero-order valence-electron chi connectivity index (χ0n) is 12.0. The lowest BCUT2D eigenvalue weighted by molar-refractivity contribution is 0.00321. The molecule has 0 fully saturated rings. The molecule has 1 atom stereocenters. The summed E-state index contributed by atoms with van der Waals surface area (Å²) in [5.41, 5.74) is 2.24. The molecule has 0 amide bonds. The molecule has 0 bridgehead atoms. The summed E-state index contributed by atoms with van der Waals surface area (Å²) in [4.78, 5) is 0. The van der Waals surface area contributed by atoms with Crippen LogP contribution in [0.15, 0.2) is 48.5 Å². The van der Waals surface area contributed by atoms with Crippen molar-refractivity contribution in [2.45, 2.75) is 26.6 Å². The van der Waals surface area contributed by atoms with Crippen molar-refractivity contribution >= 4 is 9.24 Å². The van der Waals surface area contributed by atoms with Crippen molar-refractivity contribution in [1.82, 2.24) is 0 Å². The number of aryl methyl sites for hydroxylation is 2. The molecule has 0 aromatic heterocycles. The van der Waals surface area contributed by atoms with Crippen LogP contribution in [0, 0.1) is 13.8 Å². The highest BCUT2D eigenvalue weighted by atomic mass is 31.0. The first-order valence-corrected chi connectivity index (χ1v) is 7.67. The number of rotatable bonds is 6. The summed E-state index contributed by atoms with van der Waals surface area (Å²) >= 11 is 0. The first-order chi connectivity index (χ1) is 9.70. The van der Waals surface area contributed by atoms with Gasteiger partial charge in [-0.2, -0.15) is 0 Å². The van der Waals surface area contributed by atoms with E-state index in [1.165, 1.54) is 0 Å². The van der Waals surface area contributed by atoms with Gasteiger partial charge < -0.3 is 9.47 Å². The topological polar surface area (TPSA) is 18.5 Å². The maximum absolute atomic E-state index is 6.01. The largest absolute Gasteiger partial charge is 0.455 e. The molecule has 0 aliphatic carbocycles. The van der Waals surface area contributed by atoms with E-state index < -0.39 is 0 Å². The van der Waals surface area contributed by atoms with Crippen molar-refractivity contribution in [3.63, 3.8) is 0 Å². The summed E-state index contributed by atoms with van der Waals surface area (Å²) in [5.74, 6) is 1.76. The van der Waals surface area contributed by atoms with Gasteiger partial charge in [-0.1, -0.05) is 36.4 Å². The second-order valence-electron chi connectivity index (χ2n) is 4.77. The third kappa shape index (κ3) is 3.98. The normalized spacial score (nSPS) is 10.6. The van der Waals surface area contributed by atoms with Crippen molar-refractivity contribution in [2.75, 3.05) is 6.16 Å². The van der Waals surface area contributed by atoms with Crippen LogP contribution in [0.2, 0.25) is 0 Å². The predicted molar refractivity (Wildman–Crippen MR) is 86.6 cm³/mol. The number of hydrogen-bond donors (Lipinski definition) is 0. The van der Waals surface area contributed by atoms with E-state index in [4.69, 9.17) is 9.47 Å². The van der Waals surface area contributed by atoms with Gasteiger partial charge in [0.2, 0.25) is 6.29 Å². The minimum absolute atomic E-state index is 0.269. The molecule has 2 rings (SSSR count). The fourth-order valence-corrected chi connectivity index (χ4v) is 2.21. The zero-order chi connectivity index (χ0) is 14.4. The van der Waals surface area contributed by atoms with Crippen LogP contribution < -0.4 is 9.47 Å². The third-order valence-corrected chi connectivity index (χ3v) is 3.44. The zero-order valence-corrected chi connectivity index (χ0v) is 13.2. The van der Waals surface area contributed by atoms with E-state index >= 15 is 0 Å². The van der Waals surface area contributed by atoms with Crippen molar-refractivity contribution in [2.24, 2.45) is 0 Å². The van der Waals surface area contributed by atoms with Gasteiger partial charge in [-0.25, -0.2) is 0 Å². The minimum Gasteiger partial charge on any atom is -0.455 e.